The zero-order chi connectivity index (χ0) is 22.4. The number of carbonyl (C=O) groups is 1. The van der Waals surface area contributed by atoms with E-state index in [2.05, 4.69) is 5.32 Å². The van der Waals surface area contributed by atoms with Gasteiger partial charge in [0.25, 0.3) is 11.5 Å². The van der Waals surface area contributed by atoms with Crippen molar-refractivity contribution in [1.82, 2.24) is 9.88 Å². The lowest BCUT2D eigenvalue weighted by atomic mass is 10.1. The molecule has 0 bridgehead atoms. The summed E-state index contributed by atoms with van der Waals surface area (Å²) in [5.41, 5.74) is 0.991. The van der Waals surface area contributed by atoms with Gasteiger partial charge >= 0.3 is 0 Å². The molecule has 0 spiro atoms. The fourth-order valence-electron chi connectivity index (χ4n) is 2.96. The molecule has 6 nitrogen and oxygen atoms in total. The number of hydrogen-bond acceptors (Lipinski definition) is 5. The quantitative estimate of drug-likeness (QED) is 0.594. The van der Waals surface area contributed by atoms with Crippen LogP contribution in [0.1, 0.15) is 11.1 Å². The number of halogens is 1. The summed E-state index contributed by atoms with van der Waals surface area (Å²) in [5, 5.41) is 12.3. The molecule has 0 saturated carbocycles. The second-order valence-corrected chi connectivity index (χ2v) is 7.69. The number of nitriles is 1. The smallest absolute Gasteiger partial charge is 0.273 e. The fourth-order valence-corrected chi connectivity index (χ4v) is 4.06. The summed E-state index contributed by atoms with van der Waals surface area (Å²) < 4.78 is 20.9. The van der Waals surface area contributed by atoms with E-state index in [1.165, 1.54) is 25.3 Å². The van der Waals surface area contributed by atoms with E-state index in [0.29, 0.717) is 0 Å². The molecule has 0 atom stereocenters. The van der Waals surface area contributed by atoms with Gasteiger partial charge in [-0.25, -0.2) is 4.39 Å². The Hall–Kier alpha value is -3.54. The van der Waals surface area contributed by atoms with Crippen molar-refractivity contribution >= 4 is 28.9 Å². The van der Waals surface area contributed by atoms with Gasteiger partial charge in [-0.3, -0.25) is 14.2 Å². The highest BCUT2D eigenvalue weighted by atomic mass is 32.1. The van der Waals surface area contributed by atoms with Gasteiger partial charge in [0.15, 0.2) is 5.57 Å². The molecule has 1 aromatic heterocycles. The minimum atomic E-state index is -0.659. The number of rotatable bonds is 6. The first-order chi connectivity index (χ1) is 15.0. The molecule has 3 rings (SSSR count). The second-order valence-electron chi connectivity index (χ2n) is 6.66. The largest absolute Gasteiger partial charge is 0.383 e. The van der Waals surface area contributed by atoms with Gasteiger partial charge in [-0.2, -0.15) is 5.26 Å². The van der Waals surface area contributed by atoms with Gasteiger partial charge in [0, 0.05) is 13.7 Å². The molecule has 3 aromatic rings. The van der Waals surface area contributed by atoms with Crippen molar-refractivity contribution in [2.24, 2.45) is 0 Å². The molecule has 31 heavy (non-hydrogen) atoms. The van der Waals surface area contributed by atoms with Crippen LogP contribution in [0.25, 0.3) is 17.3 Å². The van der Waals surface area contributed by atoms with Gasteiger partial charge in [-0.05, 0) is 30.7 Å². The number of carbonyl (C=O) groups excluding carboxylic acids is 1. The summed E-state index contributed by atoms with van der Waals surface area (Å²) in [7, 11) is 1.49. The Morgan fingerprint density at radius 1 is 1.29 bits per heavy atom. The molecule has 1 amide bonds. The second kappa shape index (κ2) is 9.98. The van der Waals surface area contributed by atoms with Crippen LogP contribution < -0.4 is 20.1 Å². The maximum atomic E-state index is 14.6. The van der Waals surface area contributed by atoms with Gasteiger partial charge < -0.3 is 10.1 Å². The zero-order valence-electron chi connectivity index (χ0n) is 17.0. The van der Waals surface area contributed by atoms with Gasteiger partial charge in [-0.1, -0.05) is 42.0 Å². The van der Waals surface area contributed by atoms with Crippen molar-refractivity contribution < 1.29 is 13.9 Å². The van der Waals surface area contributed by atoms with Crippen LogP contribution in [0, 0.1) is 24.1 Å². The van der Waals surface area contributed by atoms with Crippen LogP contribution in [-0.2, 0) is 9.53 Å². The molecule has 0 fully saturated rings. The molecule has 0 saturated heterocycles. The number of hydrogen-bond donors (Lipinski definition) is 1. The Balaban J connectivity index is 2.32. The van der Waals surface area contributed by atoms with E-state index < -0.39 is 17.3 Å². The van der Waals surface area contributed by atoms with Crippen molar-refractivity contribution in [2.75, 3.05) is 20.3 Å². The number of aromatic nitrogens is 1. The highest BCUT2D eigenvalue weighted by Crippen LogP contribution is 2.10. The maximum Gasteiger partial charge on any atom is 0.273 e. The van der Waals surface area contributed by atoms with E-state index in [0.717, 1.165) is 27.0 Å². The third-order valence-corrected chi connectivity index (χ3v) is 5.49. The lowest BCUT2D eigenvalue weighted by molar-refractivity contribution is -0.115. The van der Waals surface area contributed by atoms with Crippen LogP contribution >= 0.6 is 11.3 Å². The molecule has 0 radical (unpaired) electrons. The number of nitrogens with one attached hydrogen (secondary N) is 1. The highest BCUT2D eigenvalue weighted by molar-refractivity contribution is 7.07. The summed E-state index contributed by atoms with van der Waals surface area (Å²) in [6.45, 7) is 2.39. The van der Waals surface area contributed by atoms with Crippen LogP contribution in [0.2, 0.25) is 0 Å². The first-order valence-corrected chi connectivity index (χ1v) is 10.2. The molecule has 1 N–H and O–H groups in total. The third-order valence-electron chi connectivity index (χ3n) is 4.40. The standard InChI is InChI=1S/C23H20FN3O3S/c1-15-6-5-7-16(12-15)13-20-22(29)27(19-9-4-3-8-18(19)24)23(31-20)17(14-25)21(28)26-10-11-30-2/h3-9,12-13H,10-11H2,1-2H3,(H,26,28)/b20-13-,23-17-. The molecule has 1 heterocycles. The number of para-hydroxylation sites is 1. The molecule has 8 heteroatoms. The SMILES string of the molecule is COCCNC(=O)/C(C#N)=c1\s/c(=C\c2cccc(C)c2)c(=O)n1-c1ccccc1F. The van der Waals surface area contributed by atoms with Crippen LogP contribution in [0.3, 0.4) is 0 Å². The van der Waals surface area contributed by atoms with Crippen molar-refractivity contribution in [3.05, 3.63) is 85.0 Å². The predicted octanol–water partition coefficient (Wildman–Crippen LogP) is 1.61. The van der Waals surface area contributed by atoms with E-state index in [1.807, 2.05) is 37.3 Å². The molecular formula is C23H20FN3O3S. The molecular weight excluding hydrogens is 417 g/mol. The number of aryl methyl sites for hydroxylation is 1. The Bertz CT molecular complexity index is 1340. The molecule has 158 valence electrons. The number of benzene rings is 2. The maximum absolute atomic E-state index is 14.6. The number of ether oxygens (including phenoxy) is 1. The average Bonchev–Trinajstić information content (AvgIpc) is 3.05. The Morgan fingerprint density at radius 3 is 2.74 bits per heavy atom. The molecule has 0 aliphatic rings. The van der Waals surface area contributed by atoms with Crippen molar-refractivity contribution in [3.63, 3.8) is 0 Å². The minimum Gasteiger partial charge on any atom is -0.383 e. The van der Waals surface area contributed by atoms with Crippen LogP contribution in [0.15, 0.2) is 53.3 Å². The van der Waals surface area contributed by atoms with E-state index in [1.54, 1.807) is 12.1 Å². The van der Waals surface area contributed by atoms with Crippen molar-refractivity contribution in [2.45, 2.75) is 6.92 Å². The van der Waals surface area contributed by atoms with Gasteiger partial charge in [0.2, 0.25) is 0 Å². The summed E-state index contributed by atoms with van der Waals surface area (Å²) in [5.74, 6) is -1.30. The first-order valence-electron chi connectivity index (χ1n) is 9.43. The molecule has 0 aliphatic carbocycles. The molecule has 2 aromatic carbocycles. The number of thiazole rings is 1. The van der Waals surface area contributed by atoms with E-state index in [4.69, 9.17) is 4.74 Å². The minimum absolute atomic E-state index is 0.0277. The zero-order valence-corrected chi connectivity index (χ0v) is 17.8. The Morgan fingerprint density at radius 2 is 2.06 bits per heavy atom. The highest BCUT2D eigenvalue weighted by Gasteiger charge is 2.18. The van der Waals surface area contributed by atoms with Gasteiger partial charge in [-0.15, -0.1) is 11.3 Å². The normalized spacial score (nSPS) is 12.4. The number of amides is 1. The van der Waals surface area contributed by atoms with Gasteiger partial charge in [0.05, 0.1) is 16.8 Å². The van der Waals surface area contributed by atoms with Gasteiger partial charge in [0.1, 0.15) is 16.5 Å². The van der Waals surface area contributed by atoms with Crippen LogP contribution in [0.4, 0.5) is 4.39 Å². The van der Waals surface area contributed by atoms with E-state index in [-0.39, 0.29) is 33.6 Å². The number of nitrogens with zero attached hydrogens (tertiary/aromatic N) is 2. The molecule has 0 aliphatic heterocycles. The third kappa shape index (κ3) is 4.97. The summed E-state index contributed by atoms with van der Waals surface area (Å²) in [6.07, 6.45) is 1.67. The topological polar surface area (TPSA) is 84.1 Å². The summed E-state index contributed by atoms with van der Waals surface area (Å²) in [4.78, 5) is 25.8. The fraction of sp³-hybridized carbons (Fsp3) is 0.174. The number of methoxy groups -OCH3 is 1. The Labute approximate surface area is 182 Å². The molecule has 0 unspecified atom stereocenters. The lowest BCUT2D eigenvalue weighted by Crippen LogP contribution is -2.35. The van der Waals surface area contributed by atoms with E-state index >= 15 is 0 Å². The first kappa shape index (κ1) is 22.2. The Kier molecular flexibility index (Phi) is 7.13. The monoisotopic (exact) mass is 437 g/mol. The van der Waals surface area contributed by atoms with Crippen molar-refractivity contribution in [3.8, 4) is 11.8 Å². The van der Waals surface area contributed by atoms with Crippen molar-refractivity contribution in [1.29, 1.82) is 5.26 Å². The average molecular weight is 437 g/mol. The lowest BCUT2D eigenvalue weighted by Gasteiger charge is -2.06. The van der Waals surface area contributed by atoms with Crippen LogP contribution in [0.5, 0.6) is 0 Å². The van der Waals surface area contributed by atoms with Crippen LogP contribution in [-0.4, -0.2) is 30.7 Å². The summed E-state index contributed by atoms with van der Waals surface area (Å²) in [6, 6.07) is 15.1. The summed E-state index contributed by atoms with van der Waals surface area (Å²) >= 11 is 0.967. The van der Waals surface area contributed by atoms with E-state index in [9.17, 15) is 19.2 Å². The predicted molar refractivity (Wildman–Crippen MR) is 118 cm³/mol.